The van der Waals surface area contributed by atoms with Gasteiger partial charge in [0.15, 0.2) is 0 Å². The van der Waals surface area contributed by atoms with E-state index < -0.39 is 17.8 Å². The molecule has 6 nitrogen and oxygen atoms in total. The Hall–Kier alpha value is -3.12. The van der Waals surface area contributed by atoms with Gasteiger partial charge in [-0.3, -0.25) is 14.9 Å². The normalized spacial score (nSPS) is 15.8. The first kappa shape index (κ1) is 19.6. The molecule has 0 unspecified atom stereocenters. The highest BCUT2D eigenvalue weighted by Gasteiger charge is 2.36. The maximum atomic E-state index is 12.8. The van der Waals surface area contributed by atoms with Crippen molar-refractivity contribution in [2.45, 2.75) is 13.8 Å². The van der Waals surface area contributed by atoms with Gasteiger partial charge in [-0.1, -0.05) is 23.7 Å². The number of benzene rings is 2. The van der Waals surface area contributed by atoms with Gasteiger partial charge in [0.25, 0.3) is 11.8 Å². The predicted molar refractivity (Wildman–Crippen MR) is 110 cm³/mol. The Morgan fingerprint density at radius 2 is 1.57 bits per heavy atom. The van der Waals surface area contributed by atoms with Crippen LogP contribution in [-0.4, -0.2) is 30.9 Å². The van der Waals surface area contributed by atoms with Crippen LogP contribution in [0.4, 0.5) is 16.2 Å². The lowest BCUT2D eigenvalue weighted by Gasteiger charge is -2.26. The lowest BCUT2D eigenvalue weighted by molar-refractivity contribution is -0.122. The van der Waals surface area contributed by atoms with Gasteiger partial charge in [0.1, 0.15) is 5.57 Å². The summed E-state index contributed by atoms with van der Waals surface area (Å²) in [5, 5.41) is 2.69. The molecule has 28 heavy (non-hydrogen) atoms. The third kappa shape index (κ3) is 3.92. The first-order chi connectivity index (χ1) is 13.4. The Balaban J connectivity index is 1.91. The third-order valence-corrected chi connectivity index (χ3v) is 4.77. The van der Waals surface area contributed by atoms with E-state index in [9.17, 15) is 14.4 Å². The van der Waals surface area contributed by atoms with E-state index in [1.54, 1.807) is 24.3 Å². The summed E-state index contributed by atoms with van der Waals surface area (Å²) in [6, 6.07) is 13.0. The van der Waals surface area contributed by atoms with Crippen LogP contribution in [0.25, 0.3) is 6.08 Å². The van der Waals surface area contributed by atoms with Crippen molar-refractivity contribution in [3.8, 4) is 0 Å². The number of rotatable bonds is 5. The van der Waals surface area contributed by atoms with Gasteiger partial charge in [-0.05, 0) is 61.9 Å². The second kappa shape index (κ2) is 8.27. The van der Waals surface area contributed by atoms with Crippen molar-refractivity contribution >= 4 is 46.9 Å². The summed E-state index contributed by atoms with van der Waals surface area (Å²) in [5.41, 5.74) is 1.98. The Labute approximate surface area is 168 Å². The van der Waals surface area contributed by atoms with Crippen molar-refractivity contribution in [2.24, 2.45) is 0 Å². The minimum absolute atomic E-state index is 0.106. The number of halogens is 1. The molecule has 0 atom stereocenters. The molecule has 1 heterocycles. The topological polar surface area (TPSA) is 69.7 Å². The van der Waals surface area contributed by atoms with E-state index in [4.69, 9.17) is 11.6 Å². The molecule has 0 aliphatic carbocycles. The van der Waals surface area contributed by atoms with Gasteiger partial charge in [0.05, 0.1) is 5.69 Å². The molecule has 0 bridgehead atoms. The number of amides is 4. The van der Waals surface area contributed by atoms with E-state index in [-0.39, 0.29) is 5.57 Å². The molecule has 2 aromatic rings. The Bertz CT molecular complexity index is 932. The van der Waals surface area contributed by atoms with Gasteiger partial charge < -0.3 is 4.90 Å². The molecule has 0 radical (unpaired) electrons. The number of imide groups is 2. The number of urea groups is 1. The van der Waals surface area contributed by atoms with Gasteiger partial charge >= 0.3 is 6.03 Å². The largest absolute Gasteiger partial charge is 0.372 e. The molecule has 3 rings (SSSR count). The Morgan fingerprint density at radius 3 is 2.14 bits per heavy atom. The number of nitrogens with zero attached hydrogens (tertiary/aromatic N) is 2. The van der Waals surface area contributed by atoms with Crippen molar-refractivity contribution in [1.29, 1.82) is 0 Å². The standard InChI is InChI=1S/C21H20ClN3O3/c1-3-24(4-2)16-9-5-14(6-10-16)13-18-19(26)23-21(28)25(20(18)27)17-11-7-15(22)8-12-17/h5-13H,3-4H2,1-2H3,(H,23,26,28). The fourth-order valence-electron chi connectivity index (χ4n) is 3.02. The average Bonchev–Trinajstić information content (AvgIpc) is 2.68. The smallest absolute Gasteiger partial charge is 0.335 e. The first-order valence-corrected chi connectivity index (χ1v) is 9.34. The lowest BCUT2D eigenvalue weighted by atomic mass is 10.1. The zero-order valence-corrected chi connectivity index (χ0v) is 16.4. The van der Waals surface area contributed by atoms with Crippen LogP contribution < -0.4 is 15.1 Å². The summed E-state index contributed by atoms with van der Waals surface area (Å²) in [4.78, 5) is 40.4. The summed E-state index contributed by atoms with van der Waals surface area (Å²) < 4.78 is 0. The van der Waals surface area contributed by atoms with E-state index in [0.717, 1.165) is 23.7 Å². The second-order valence-electron chi connectivity index (χ2n) is 6.20. The molecule has 2 aromatic carbocycles. The summed E-state index contributed by atoms with van der Waals surface area (Å²) in [5.74, 6) is -1.39. The molecular weight excluding hydrogens is 378 g/mol. The number of hydrogen-bond acceptors (Lipinski definition) is 4. The van der Waals surface area contributed by atoms with Crippen LogP contribution in [0.5, 0.6) is 0 Å². The summed E-state index contributed by atoms with van der Waals surface area (Å²) in [6.45, 7) is 5.92. The fourth-order valence-corrected chi connectivity index (χ4v) is 3.14. The van der Waals surface area contributed by atoms with Gasteiger partial charge in [-0.2, -0.15) is 0 Å². The molecule has 1 aliphatic heterocycles. The lowest BCUT2D eigenvalue weighted by Crippen LogP contribution is -2.54. The van der Waals surface area contributed by atoms with Crippen LogP contribution in [0.1, 0.15) is 19.4 Å². The van der Waals surface area contributed by atoms with Crippen molar-refractivity contribution in [3.63, 3.8) is 0 Å². The van der Waals surface area contributed by atoms with Crippen molar-refractivity contribution in [3.05, 3.63) is 64.7 Å². The van der Waals surface area contributed by atoms with E-state index in [1.807, 2.05) is 24.3 Å². The first-order valence-electron chi connectivity index (χ1n) is 8.96. The molecule has 0 saturated carbocycles. The maximum Gasteiger partial charge on any atom is 0.335 e. The molecular formula is C21H20ClN3O3. The van der Waals surface area contributed by atoms with Crippen LogP contribution in [0.2, 0.25) is 5.02 Å². The van der Waals surface area contributed by atoms with E-state index >= 15 is 0 Å². The van der Waals surface area contributed by atoms with Gasteiger partial charge in [0, 0.05) is 23.8 Å². The van der Waals surface area contributed by atoms with E-state index in [1.165, 1.54) is 6.08 Å². The fraction of sp³-hybridized carbons (Fsp3) is 0.190. The van der Waals surface area contributed by atoms with Crippen molar-refractivity contribution < 1.29 is 14.4 Å². The number of barbiturate groups is 1. The van der Waals surface area contributed by atoms with Gasteiger partial charge in [-0.25, -0.2) is 9.69 Å². The minimum Gasteiger partial charge on any atom is -0.372 e. The van der Waals surface area contributed by atoms with Gasteiger partial charge in [-0.15, -0.1) is 0 Å². The molecule has 1 aliphatic rings. The molecule has 144 valence electrons. The highest BCUT2D eigenvalue weighted by molar-refractivity contribution is 6.39. The maximum absolute atomic E-state index is 12.8. The predicted octanol–water partition coefficient (Wildman–Crippen LogP) is 3.85. The number of nitrogens with one attached hydrogen (secondary N) is 1. The molecule has 1 saturated heterocycles. The van der Waals surface area contributed by atoms with Crippen molar-refractivity contribution in [1.82, 2.24) is 5.32 Å². The molecule has 0 aromatic heterocycles. The number of carbonyl (C=O) groups is 3. The van der Waals surface area contributed by atoms with E-state index in [0.29, 0.717) is 16.3 Å². The van der Waals surface area contributed by atoms with Crippen LogP contribution in [0.3, 0.4) is 0 Å². The Morgan fingerprint density at radius 1 is 0.964 bits per heavy atom. The van der Waals surface area contributed by atoms with Gasteiger partial charge in [0.2, 0.25) is 0 Å². The third-order valence-electron chi connectivity index (χ3n) is 4.52. The molecule has 1 N–H and O–H groups in total. The van der Waals surface area contributed by atoms with Crippen LogP contribution in [0, 0.1) is 0 Å². The zero-order valence-electron chi connectivity index (χ0n) is 15.6. The monoisotopic (exact) mass is 397 g/mol. The van der Waals surface area contributed by atoms with E-state index in [2.05, 4.69) is 24.1 Å². The SMILES string of the molecule is CCN(CC)c1ccc(C=C2C(=O)NC(=O)N(c3ccc(Cl)cc3)C2=O)cc1. The number of carbonyl (C=O) groups excluding carboxylic acids is 3. The number of hydrogen-bond donors (Lipinski definition) is 1. The van der Waals surface area contributed by atoms with Crippen LogP contribution in [0.15, 0.2) is 54.1 Å². The highest BCUT2D eigenvalue weighted by atomic mass is 35.5. The van der Waals surface area contributed by atoms with Crippen LogP contribution >= 0.6 is 11.6 Å². The second-order valence-corrected chi connectivity index (χ2v) is 6.63. The molecule has 0 spiro atoms. The van der Waals surface area contributed by atoms with Crippen molar-refractivity contribution in [2.75, 3.05) is 22.9 Å². The quantitative estimate of drug-likeness (QED) is 0.614. The molecule has 7 heteroatoms. The zero-order chi connectivity index (χ0) is 20.3. The molecule has 1 fully saturated rings. The summed E-state index contributed by atoms with van der Waals surface area (Å²) in [6.07, 6.45) is 1.49. The minimum atomic E-state index is -0.786. The van der Waals surface area contributed by atoms with Crippen LogP contribution in [-0.2, 0) is 9.59 Å². The number of anilines is 2. The summed E-state index contributed by atoms with van der Waals surface area (Å²) in [7, 11) is 0. The molecule has 4 amide bonds. The highest BCUT2D eigenvalue weighted by Crippen LogP contribution is 2.24. The Kier molecular flexibility index (Phi) is 5.80. The summed E-state index contributed by atoms with van der Waals surface area (Å²) >= 11 is 5.87. The average molecular weight is 398 g/mol.